The maximum absolute atomic E-state index is 12.7. The fraction of sp³-hybridized carbons (Fsp3) is 0.364. The molecule has 28 heavy (non-hydrogen) atoms. The number of thiazole rings is 1. The number of carbonyl (C=O) groups is 1. The molecule has 0 bridgehead atoms. The molecule has 0 atom stereocenters. The Labute approximate surface area is 174 Å². The number of para-hydroxylation sites is 1. The average molecular weight is 412 g/mol. The molecule has 1 amide bonds. The van der Waals surface area contributed by atoms with Crippen LogP contribution in [0.3, 0.4) is 0 Å². The van der Waals surface area contributed by atoms with E-state index in [0.29, 0.717) is 6.42 Å². The van der Waals surface area contributed by atoms with Crippen LogP contribution < -0.4 is 4.90 Å². The minimum atomic E-state index is 0.217. The van der Waals surface area contributed by atoms with Crippen LogP contribution in [0.4, 0.5) is 5.13 Å². The second-order valence-electron chi connectivity index (χ2n) is 7.01. The highest BCUT2D eigenvalue weighted by Gasteiger charge is 2.23. The molecule has 4 nitrogen and oxygen atoms in total. The number of carbonyl (C=O) groups excluding carboxylic acids is 1. The average Bonchev–Trinajstić information content (AvgIpc) is 3.19. The first kappa shape index (κ1) is 19.3. The predicted octanol–water partition coefficient (Wildman–Crippen LogP) is 4.47. The van der Waals surface area contributed by atoms with Gasteiger partial charge in [-0.25, -0.2) is 4.98 Å². The van der Waals surface area contributed by atoms with E-state index in [-0.39, 0.29) is 5.91 Å². The summed E-state index contributed by atoms with van der Waals surface area (Å²) in [5.74, 6) is 0.217. The van der Waals surface area contributed by atoms with Crippen molar-refractivity contribution in [2.24, 2.45) is 0 Å². The quantitative estimate of drug-likeness (QED) is 0.581. The Hall–Kier alpha value is -2.05. The zero-order valence-corrected chi connectivity index (χ0v) is 18.0. The lowest BCUT2D eigenvalue weighted by Crippen LogP contribution is -2.49. The SMILES string of the molecule is CCc1cccc2sc(N3CCN(C(=O)Cc4ccc(SC)cc4)CC3)nc12. The standard InChI is InChI=1S/C22H25N3OS2/c1-3-17-5-4-6-19-21(17)23-22(28-19)25-13-11-24(12-14-25)20(26)15-16-7-9-18(27-2)10-8-16/h4-10H,3,11-15H2,1-2H3. The van der Waals surface area contributed by atoms with Crippen molar-refractivity contribution in [1.29, 1.82) is 0 Å². The van der Waals surface area contributed by atoms with Crippen LogP contribution in [-0.2, 0) is 17.6 Å². The molecule has 1 aromatic heterocycles. The maximum Gasteiger partial charge on any atom is 0.227 e. The van der Waals surface area contributed by atoms with E-state index in [1.54, 1.807) is 23.1 Å². The van der Waals surface area contributed by atoms with Gasteiger partial charge in [-0.1, -0.05) is 42.5 Å². The van der Waals surface area contributed by atoms with Crippen molar-refractivity contribution in [3.8, 4) is 0 Å². The fourth-order valence-corrected chi connectivity index (χ4v) is 5.06. The first-order chi connectivity index (χ1) is 13.7. The highest BCUT2D eigenvalue weighted by molar-refractivity contribution is 7.98. The van der Waals surface area contributed by atoms with Crippen molar-refractivity contribution in [2.45, 2.75) is 24.7 Å². The molecule has 1 aliphatic heterocycles. The predicted molar refractivity (Wildman–Crippen MR) is 120 cm³/mol. The molecule has 2 aromatic carbocycles. The van der Waals surface area contributed by atoms with E-state index in [1.807, 2.05) is 4.90 Å². The molecule has 0 N–H and O–H groups in total. The van der Waals surface area contributed by atoms with Gasteiger partial charge in [0, 0.05) is 31.1 Å². The number of benzene rings is 2. The number of piperazine rings is 1. The Morgan fingerprint density at radius 1 is 1.11 bits per heavy atom. The van der Waals surface area contributed by atoms with E-state index in [0.717, 1.165) is 48.8 Å². The summed E-state index contributed by atoms with van der Waals surface area (Å²) in [6.07, 6.45) is 3.55. The second kappa shape index (κ2) is 8.53. The van der Waals surface area contributed by atoms with E-state index < -0.39 is 0 Å². The van der Waals surface area contributed by atoms with Gasteiger partial charge in [0.25, 0.3) is 0 Å². The van der Waals surface area contributed by atoms with Gasteiger partial charge in [-0.3, -0.25) is 4.79 Å². The number of aryl methyl sites for hydroxylation is 1. The lowest BCUT2D eigenvalue weighted by atomic mass is 10.1. The number of thioether (sulfide) groups is 1. The summed E-state index contributed by atoms with van der Waals surface area (Å²) >= 11 is 3.48. The van der Waals surface area contributed by atoms with Gasteiger partial charge in [0.15, 0.2) is 5.13 Å². The number of amides is 1. The zero-order chi connectivity index (χ0) is 19.5. The molecular weight excluding hydrogens is 386 g/mol. The molecule has 1 saturated heterocycles. The van der Waals surface area contributed by atoms with E-state index in [1.165, 1.54) is 15.2 Å². The first-order valence-corrected chi connectivity index (χ1v) is 11.8. The normalized spacial score (nSPS) is 14.6. The second-order valence-corrected chi connectivity index (χ2v) is 8.90. The highest BCUT2D eigenvalue weighted by atomic mass is 32.2. The van der Waals surface area contributed by atoms with Crippen LogP contribution in [0.25, 0.3) is 10.2 Å². The van der Waals surface area contributed by atoms with Crippen molar-refractivity contribution in [3.63, 3.8) is 0 Å². The molecule has 146 valence electrons. The van der Waals surface area contributed by atoms with Gasteiger partial charge in [-0.2, -0.15) is 0 Å². The minimum absolute atomic E-state index is 0.217. The molecule has 0 radical (unpaired) electrons. The summed E-state index contributed by atoms with van der Waals surface area (Å²) in [6, 6.07) is 14.7. The monoisotopic (exact) mass is 411 g/mol. The van der Waals surface area contributed by atoms with Crippen LogP contribution >= 0.6 is 23.1 Å². The van der Waals surface area contributed by atoms with Gasteiger partial charge in [0.1, 0.15) is 0 Å². The number of rotatable bonds is 5. The number of nitrogens with zero attached hydrogens (tertiary/aromatic N) is 3. The number of hydrogen-bond acceptors (Lipinski definition) is 5. The van der Waals surface area contributed by atoms with E-state index in [2.05, 4.69) is 60.5 Å². The van der Waals surface area contributed by atoms with Crippen LogP contribution in [0.1, 0.15) is 18.1 Å². The molecule has 0 spiro atoms. The van der Waals surface area contributed by atoms with Crippen LogP contribution in [0.2, 0.25) is 0 Å². The summed E-state index contributed by atoms with van der Waals surface area (Å²) in [6.45, 7) is 5.39. The number of aromatic nitrogens is 1. The largest absolute Gasteiger partial charge is 0.345 e. The molecule has 1 fully saturated rings. The topological polar surface area (TPSA) is 36.4 Å². The van der Waals surface area contributed by atoms with Crippen molar-refractivity contribution >= 4 is 44.4 Å². The molecule has 0 saturated carbocycles. The number of anilines is 1. The molecule has 3 aromatic rings. The lowest BCUT2D eigenvalue weighted by Gasteiger charge is -2.34. The number of fused-ring (bicyclic) bond motifs is 1. The molecule has 6 heteroatoms. The Morgan fingerprint density at radius 3 is 2.54 bits per heavy atom. The zero-order valence-electron chi connectivity index (χ0n) is 16.4. The van der Waals surface area contributed by atoms with E-state index >= 15 is 0 Å². The molecule has 4 rings (SSSR count). The number of hydrogen-bond donors (Lipinski definition) is 0. The van der Waals surface area contributed by atoms with Gasteiger partial charge in [-0.05, 0) is 42.0 Å². The van der Waals surface area contributed by atoms with Crippen LogP contribution in [0.5, 0.6) is 0 Å². The van der Waals surface area contributed by atoms with Crippen molar-refractivity contribution in [3.05, 3.63) is 53.6 Å². The Kier molecular flexibility index (Phi) is 5.87. The fourth-order valence-electron chi connectivity index (χ4n) is 3.59. The van der Waals surface area contributed by atoms with Crippen LogP contribution in [0, 0.1) is 0 Å². The smallest absolute Gasteiger partial charge is 0.227 e. The molecule has 0 aliphatic carbocycles. The van der Waals surface area contributed by atoms with Gasteiger partial charge < -0.3 is 9.80 Å². The third kappa shape index (κ3) is 4.03. The van der Waals surface area contributed by atoms with Crippen molar-refractivity contribution in [2.75, 3.05) is 37.3 Å². The summed E-state index contributed by atoms with van der Waals surface area (Å²) in [5.41, 5.74) is 3.53. The lowest BCUT2D eigenvalue weighted by molar-refractivity contribution is -0.130. The van der Waals surface area contributed by atoms with Gasteiger partial charge in [0.05, 0.1) is 16.6 Å². The molecule has 1 aliphatic rings. The first-order valence-electron chi connectivity index (χ1n) is 9.72. The summed E-state index contributed by atoms with van der Waals surface area (Å²) < 4.78 is 1.25. The Bertz CT molecular complexity index is 960. The van der Waals surface area contributed by atoms with Crippen molar-refractivity contribution in [1.82, 2.24) is 9.88 Å². The van der Waals surface area contributed by atoms with Crippen LogP contribution in [0.15, 0.2) is 47.4 Å². The third-order valence-corrected chi connectivity index (χ3v) is 7.11. The van der Waals surface area contributed by atoms with E-state index in [4.69, 9.17) is 4.98 Å². The summed E-state index contributed by atoms with van der Waals surface area (Å²) in [4.78, 5) is 23.1. The molecule has 0 unspecified atom stereocenters. The summed E-state index contributed by atoms with van der Waals surface area (Å²) in [7, 11) is 0. The van der Waals surface area contributed by atoms with Gasteiger partial charge >= 0.3 is 0 Å². The molecular formula is C22H25N3OS2. The van der Waals surface area contributed by atoms with E-state index in [9.17, 15) is 4.79 Å². The Morgan fingerprint density at radius 2 is 1.86 bits per heavy atom. The maximum atomic E-state index is 12.7. The summed E-state index contributed by atoms with van der Waals surface area (Å²) in [5, 5.41) is 1.08. The van der Waals surface area contributed by atoms with Crippen molar-refractivity contribution < 1.29 is 4.79 Å². The third-order valence-electron chi connectivity index (χ3n) is 5.29. The Balaban J connectivity index is 1.38. The van der Waals surface area contributed by atoms with Crippen LogP contribution in [-0.4, -0.2) is 48.2 Å². The van der Waals surface area contributed by atoms with Gasteiger partial charge in [-0.15, -0.1) is 11.8 Å². The van der Waals surface area contributed by atoms with Gasteiger partial charge in [0.2, 0.25) is 5.91 Å². The minimum Gasteiger partial charge on any atom is -0.345 e. The highest BCUT2D eigenvalue weighted by Crippen LogP contribution is 2.31. The molecule has 2 heterocycles.